The van der Waals surface area contributed by atoms with E-state index in [1.54, 1.807) is 6.07 Å². The van der Waals surface area contributed by atoms with E-state index in [0.717, 1.165) is 43.7 Å². The lowest BCUT2D eigenvalue weighted by atomic mass is 10.0. The number of fused-ring (bicyclic) bond motifs is 1. The van der Waals surface area contributed by atoms with Gasteiger partial charge in [-0.2, -0.15) is 0 Å². The summed E-state index contributed by atoms with van der Waals surface area (Å²) in [6.45, 7) is 5.47. The third kappa shape index (κ3) is 4.95. The molecule has 2 aliphatic rings. The van der Waals surface area contributed by atoms with Crippen molar-refractivity contribution in [2.24, 2.45) is 0 Å². The van der Waals surface area contributed by atoms with E-state index in [2.05, 4.69) is 22.5 Å². The summed E-state index contributed by atoms with van der Waals surface area (Å²) in [5.74, 6) is 0.647. The number of likely N-dealkylation sites (tertiary alicyclic amines) is 1. The zero-order valence-corrected chi connectivity index (χ0v) is 14.8. The fourth-order valence-electron chi connectivity index (χ4n) is 3.48. The molecule has 0 radical (unpaired) electrons. The smallest absolute Gasteiger partial charge is 0.258 e. The molecule has 6 heteroatoms. The highest BCUT2D eigenvalue weighted by atomic mass is 16.5. The van der Waals surface area contributed by atoms with Crippen LogP contribution in [0.15, 0.2) is 18.2 Å². The van der Waals surface area contributed by atoms with Crippen LogP contribution in [-0.2, 0) is 16.0 Å². The molecule has 0 saturated carbocycles. The maximum atomic E-state index is 12.1. The minimum absolute atomic E-state index is 0.0281. The minimum Gasteiger partial charge on any atom is -0.484 e. The van der Waals surface area contributed by atoms with Crippen LogP contribution in [0.5, 0.6) is 5.75 Å². The van der Waals surface area contributed by atoms with Crippen LogP contribution in [-0.4, -0.2) is 49.0 Å². The lowest BCUT2D eigenvalue weighted by Crippen LogP contribution is -2.46. The first-order valence-electron chi connectivity index (χ1n) is 9.21. The second-order valence-electron chi connectivity index (χ2n) is 6.84. The third-order valence-electron chi connectivity index (χ3n) is 4.83. The second-order valence-corrected chi connectivity index (χ2v) is 6.84. The van der Waals surface area contributed by atoms with Gasteiger partial charge in [0.1, 0.15) is 5.75 Å². The number of nitrogens with zero attached hydrogens (tertiary/aromatic N) is 1. The highest BCUT2D eigenvalue weighted by Gasteiger charge is 2.20. The first-order chi connectivity index (χ1) is 12.1. The highest BCUT2D eigenvalue weighted by Crippen LogP contribution is 2.26. The van der Waals surface area contributed by atoms with Crippen LogP contribution in [0.25, 0.3) is 0 Å². The van der Waals surface area contributed by atoms with E-state index in [1.807, 2.05) is 12.1 Å². The second kappa shape index (κ2) is 8.34. The Morgan fingerprint density at radius 1 is 1.32 bits per heavy atom. The molecule has 0 aromatic heterocycles. The van der Waals surface area contributed by atoms with Crippen LogP contribution in [0.2, 0.25) is 0 Å². The molecule has 2 aliphatic heterocycles. The van der Waals surface area contributed by atoms with Gasteiger partial charge in [0.15, 0.2) is 6.61 Å². The van der Waals surface area contributed by atoms with Crippen molar-refractivity contribution in [3.8, 4) is 5.75 Å². The summed E-state index contributed by atoms with van der Waals surface area (Å²) < 4.78 is 5.63. The molecule has 2 N–H and O–H groups in total. The zero-order chi connectivity index (χ0) is 17.6. The van der Waals surface area contributed by atoms with Gasteiger partial charge in [-0.1, -0.05) is 6.92 Å². The van der Waals surface area contributed by atoms with Gasteiger partial charge in [0.25, 0.3) is 5.91 Å². The first-order valence-corrected chi connectivity index (χ1v) is 9.21. The normalized spacial score (nSPS) is 18.4. The molecule has 0 aliphatic carbocycles. The summed E-state index contributed by atoms with van der Waals surface area (Å²) in [4.78, 5) is 25.9. The Labute approximate surface area is 148 Å². The molecule has 0 spiro atoms. The number of aryl methyl sites for hydroxylation is 1. The van der Waals surface area contributed by atoms with Crippen molar-refractivity contribution in [2.45, 2.75) is 45.1 Å². The maximum Gasteiger partial charge on any atom is 0.258 e. The Kier molecular flexibility index (Phi) is 5.91. The fourth-order valence-corrected chi connectivity index (χ4v) is 3.48. The first kappa shape index (κ1) is 17.7. The van der Waals surface area contributed by atoms with Gasteiger partial charge in [-0.25, -0.2) is 0 Å². The van der Waals surface area contributed by atoms with Gasteiger partial charge >= 0.3 is 0 Å². The number of piperidine rings is 1. The van der Waals surface area contributed by atoms with Crippen molar-refractivity contribution in [1.82, 2.24) is 10.2 Å². The van der Waals surface area contributed by atoms with E-state index in [-0.39, 0.29) is 24.5 Å². The van der Waals surface area contributed by atoms with E-state index in [9.17, 15) is 9.59 Å². The Hall–Kier alpha value is -2.08. The van der Waals surface area contributed by atoms with Crippen LogP contribution < -0.4 is 15.4 Å². The van der Waals surface area contributed by atoms with Crippen molar-refractivity contribution in [3.05, 3.63) is 23.8 Å². The van der Waals surface area contributed by atoms with E-state index in [0.29, 0.717) is 18.6 Å². The van der Waals surface area contributed by atoms with E-state index in [4.69, 9.17) is 4.74 Å². The number of amides is 2. The molecule has 6 nitrogen and oxygen atoms in total. The number of hydrogen-bond donors (Lipinski definition) is 2. The van der Waals surface area contributed by atoms with E-state index >= 15 is 0 Å². The molecular formula is C19H27N3O3. The zero-order valence-electron chi connectivity index (χ0n) is 14.8. The molecule has 0 atom stereocenters. The molecular weight excluding hydrogens is 318 g/mol. The Bertz CT molecular complexity index is 624. The summed E-state index contributed by atoms with van der Waals surface area (Å²) >= 11 is 0. The van der Waals surface area contributed by atoms with Gasteiger partial charge in [0.05, 0.1) is 0 Å². The van der Waals surface area contributed by atoms with Crippen molar-refractivity contribution in [1.29, 1.82) is 0 Å². The Morgan fingerprint density at radius 3 is 2.88 bits per heavy atom. The number of nitrogens with one attached hydrogen (secondary N) is 2. The number of carbonyl (C=O) groups excluding carboxylic acids is 2. The topological polar surface area (TPSA) is 70.7 Å². The van der Waals surface area contributed by atoms with Crippen LogP contribution in [0.1, 0.15) is 38.2 Å². The summed E-state index contributed by atoms with van der Waals surface area (Å²) in [6.07, 6.45) is 4.39. The summed E-state index contributed by atoms with van der Waals surface area (Å²) in [7, 11) is 0. The molecule has 2 heterocycles. The van der Waals surface area contributed by atoms with Gasteiger partial charge in [-0.3, -0.25) is 9.59 Å². The van der Waals surface area contributed by atoms with Gasteiger partial charge in [-0.05, 0) is 56.0 Å². The number of carbonyl (C=O) groups is 2. The standard InChI is InChI=1S/C19H27N3O3/c1-2-9-22-10-7-15(8-11-22)20-19(24)13-25-16-4-5-17-14(12-16)3-6-18(23)21-17/h4-5,12,15H,2-3,6-11,13H2,1H3,(H,20,24)(H,21,23). The minimum atomic E-state index is -0.0695. The quantitative estimate of drug-likeness (QED) is 0.827. The number of anilines is 1. The SMILES string of the molecule is CCCN1CCC(NC(=O)COc2ccc3c(c2)CCC(=O)N3)CC1. The number of hydrogen-bond acceptors (Lipinski definition) is 4. The molecule has 0 unspecified atom stereocenters. The predicted molar refractivity (Wildman–Crippen MR) is 96.8 cm³/mol. The van der Waals surface area contributed by atoms with Crippen molar-refractivity contribution >= 4 is 17.5 Å². The summed E-state index contributed by atoms with van der Waals surface area (Å²) in [5, 5.41) is 5.91. The van der Waals surface area contributed by atoms with Crippen molar-refractivity contribution < 1.29 is 14.3 Å². The molecule has 1 aromatic rings. The molecule has 1 fully saturated rings. The fraction of sp³-hybridized carbons (Fsp3) is 0.579. The van der Waals surface area contributed by atoms with Gasteiger partial charge < -0.3 is 20.3 Å². The molecule has 25 heavy (non-hydrogen) atoms. The summed E-state index contributed by atoms with van der Waals surface area (Å²) in [5.41, 5.74) is 1.90. The van der Waals surface area contributed by atoms with Crippen molar-refractivity contribution in [2.75, 3.05) is 31.6 Å². The predicted octanol–water partition coefficient (Wildman–Crippen LogP) is 1.94. The van der Waals surface area contributed by atoms with Gasteiger partial charge in [-0.15, -0.1) is 0 Å². The van der Waals surface area contributed by atoms with Crippen LogP contribution in [0.3, 0.4) is 0 Å². The Balaban J connectivity index is 1.43. The van der Waals surface area contributed by atoms with Gasteiger partial charge in [0, 0.05) is 31.2 Å². The lowest BCUT2D eigenvalue weighted by molar-refractivity contribution is -0.124. The molecule has 3 rings (SSSR count). The highest BCUT2D eigenvalue weighted by molar-refractivity contribution is 5.94. The van der Waals surface area contributed by atoms with E-state index < -0.39 is 0 Å². The molecule has 1 aromatic carbocycles. The number of rotatable bonds is 6. The van der Waals surface area contributed by atoms with Crippen molar-refractivity contribution in [3.63, 3.8) is 0 Å². The number of benzene rings is 1. The number of ether oxygens (including phenoxy) is 1. The Morgan fingerprint density at radius 2 is 2.12 bits per heavy atom. The lowest BCUT2D eigenvalue weighted by Gasteiger charge is -2.32. The average molecular weight is 345 g/mol. The largest absolute Gasteiger partial charge is 0.484 e. The monoisotopic (exact) mass is 345 g/mol. The third-order valence-corrected chi connectivity index (χ3v) is 4.83. The maximum absolute atomic E-state index is 12.1. The average Bonchev–Trinajstić information content (AvgIpc) is 2.62. The van der Waals surface area contributed by atoms with Gasteiger partial charge in [0.2, 0.25) is 5.91 Å². The van der Waals surface area contributed by atoms with Crippen LogP contribution in [0, 0.1) is 0 Å². The molecule has 2 amide bonds. The molecule has 0 bridgehead atoms. The van der Waals surface area contributed by atoms with Crippen LogP contribution >= 0.6 is 0 Å². The summed E-state index contributed by atoms with van der Waals surface area (Å²) in [6, 6.07) is 5.79. The van der Waals surface area contributed by atoms with Crippen LogP contribution in [0.4, 0.5) is 5.69 Å². The molecule has 1 saturated heterocycles. The van der Waals surface area contributed by atoms with E-state index in [1.165, 1.54) is 6.42 Å². The molecule has 136 valence electrons.